The molecule has 0 amide bonds. The van der Waals surface area contributed by atoms with E-state index in [0.717, 1.165) is 43.5 Å². The van der Waals surface area contributed by atoms with Crippen molar-refractivity contribution in [3.63, 3.8) is 0 Å². The van der Waals surface area contributed by atoms with Gasteiger partial charge in [-0.3, -0.25) is 4.79 Å². The fourth-order valence-corrected chi connectivity index (χ4v) is 2.29. The van der Waals surface area contributed by atoms with E-state index in [-0.39, 0.29) is 5.75 Å². The van der Waals surface area contributed by atoms with E-state index in [2.05, 4.69) is 11.9 Å². The number of thioether (sulfide) groups is 1. The third kappa shape index (κ3) is 5.10. The molecule has 0 radical (unpaired) electrons. The van der Waals surface area contributed by atoms with Crippen LogP contribution in [0.25, 0.3) is 0 Å². The molecule has 102 valence electrons. The van der Waals surface area contributed by atoms with Gasteiger partial charge in [0.15, 0.2) is 5.16 Å². The summed E-state index contributed by atoms with van der Waals surface area (Å²) in [4.78, 5) is 14.8. The predicted molar refractivity (Wildman–Crippen MR) is 71.1 cm³/mol. The van der Waals surface area contributed by atoms with Crippen LogP contribution in [-0.4, -0.2) is 39.6 Å². The van der Waals surface area contributed by atoms with Gasteiger partial charge in [-0.25, -0.2) is 4.98 Å². The molecule has 0 aromatic carbocycles. The topological polar surface area (TPSA) is 64.4 Å². The van der Waals surface area contributed by atoms with Gasteiger partial charge >= 0.3 is 5.97 Å². The smallest absolute Gasteiger partial charge is 0.313 e. The third-order valence-electron chi connectivity index (χ3n) is 2.36. The number of aryl methyl sites for hydroxylation is 1. The van der Waals surface area contributed by atoms with E-state index in [1.54, 1.807) is 6.20 Å². The summed E-state index contributed by atoms with van der Waals surface area (Å²) < 4.78 is 7.47. The van der Waals surface area contributed by atoms with Gasteiger partial charge in [-0.05, 0) is 19.8 Å². The van der Waals surface area contributed by atoms with E-state index in [4.69, 9.17) is 9.84 Å². The molecule has 0 spiro atoms. The minimum Gasteiger partial charge on any atom is -0.481 e. The van der Waals surface area contributed by atoms with Gasteiger partial charge < -0.3 is 14.4 Å². The molecule has 0 unspecified atom stereocenters. The van der Waals surface area contributed by atoms with Crippen LogP contribution in [0.1, 0.15) is 25.5 Å². The zero-order chi connectivity index (χ0) is 13.4. The zero-order valence-electron chi connectivity index (χ0n) is 10.9. The monoisotopic (exact) mass is 272 g/mol. The average Bonchev–Trinajstić information content (AvgIpc) is 2.68. The molecule has 1 aromatic rings. The van der Waals surface area contributed by atoms with Crippen LogP contribution in [-0.2, 0) is 16.1 Å². The molecule has 0 fully saturated rings. The molecule has 1 rings (SSSR count). The van der Waals surface area contributed by atoms with Crippen LogP contribution in [0.4, 0.5) is 0 Å². The van der Waals surface area contributed by atoms with Crippen molar-refractivity contribution in [2.45, 2.75) is 38.4 Å². The Balaban J connectivity index is 2.42. The van der Waals surface area contributed by atoms with Crippen LogP contribution >= 0.6 is 11.8 Å². The summed E-state index contributed by atoms with van der Waals surface area (Å²) in [6.45, 7) is 6.40. The lowest BCUT2D eigenvalue weighted by Crippen LogP contribution is -2.07. The molecule has 0 bridgehead atoms. The maximum Gasteiger partial charge on any atom is 0.313 e. The molecule has 0 saturated heterocycles. The lowest BCUT2D eigenvalue weighted by molar-refractivity contribution is -0.133. The molecule has 6 heteroatoms. The van der Waals surface area contributed by atoms with E-state index in [1.807, 2.05) is 11.5 Å². The maximum absolute atomic E-state index is 10.5. The van der Waals surface area contributed by atoms with Crippen molar-refractivity contribution in [1.29, 1.82) is 0 Å². The van der Waals surface area contributed by atoms with Crippen molar-refractivity contribution < 1.29 is 14.6 Å². The second kappa shape index (κ2) is 8.16. The quantitative estimate of drug-likeness (QED) is 0.551. The summed E-state index contributed by atoms with van der Waals surface area (Å²) >= 11 is 1.26. The first-order valence-electron chi connectivity index (χ1n) is 6.09. The highest BCUT2D eigenvalue weighted by atomic mass is 32.2. The molecule has 5 nitrogen and oxygen atoms in total. The number of nitrogens with zero attached hydrogens (tertiary/aromatic N) is 2. The normalized spacial score (nSPS) is 10.8. The molecule has 1 aromatic heterocycles. The summed E-state index contributed by atoms with van der Waals surface area (Å²) in [5, 5.41) is 9.44. The van der Waals surface area contributed by atoms with Crippen LogP contribution in [0.2, 0.25) is 0 Å². The first-order chi connectivity index (χ1) is 8.65. The van der Waals surface area contributed by atoms with Gasteiger partial charge in [0.2, 0.25) is 0 Å². The van der Waals surface area contributed by atoms with E-state index in [0.29, 0.717) is 0 Å². The number of rotatable bonds is 9. The SMILES string of the molecule is CCCOCCCn1c(C)cnc1SCC(=O)O. The van der Waals surface area contributed by atoms with Crippen molar-refractivity contribution >= 4 is 17.7 Å². The van der Waals surface area contributed by atoms with Crippen LogP contribution in [0.15, 0.2) is 11.4 Å². The lowest BCUT2D eigenvalue weighted by Gasteiger charge is -2.09. The highest BCUT2D eigenvalue weighted by molar-refractivity contribution is 7.99. The van der Waals surface area contributed by atoms with Gasteiger partial charge in [-0.1, -0.05) is 18.7 Å². The van der Waals surface area contributed by atoms with Crippen molar-refractivity contribution in [2.75, 3.05) is 19.0 Å². The third-order valence-corrected chi connectivity index (χ3v) is 3.34. The molecule has 0 atom stereocenters. The minimum atomic E-state index is -0.821. The number of hydrogen-bond donors (Lipinski definition) is 1. The molecule has 0 aliphatic rings. The van der Waals surface area contributed by atoms with Crippen molar-refractivity contribution in [2.24, 2.45) is 0 Å². The van der Waals surface area contributed by atoms with Crippen molar-refractivity contribution in [3.8, 4) is 0 Å². The second-order valence-corrected chi connectivity index (χ2v) is 4.92. The molecule has 1 N–H and O–H groups in total. The summed E-state index contributed by atoms with van der Waals surface area (Å²) in [6.07, 6.45) is 3.72. The highest BCUT2D eigenvalue weighted by Gasteiger charge is 2.09. The summed E-state index contributed by atoms with van der Waals surface area (Å²) in [5.74, 6) is -0.776. The Kier molecular flexibility index (Phi) is 6.82. The van der Waals surface area contributed by atoms with Gasteiger partial charge in [-0.2, -0.15) is 0 Å². The fraction of sp³-hybridized carbons (Fsp3) is 0.667. The fourth-order valence-electron chi connectivity index (χ4n) is 1.52. The second-order valence-electron chi connectivity index (χ2n) is 3.98. The molecule has 0 aliphatic heterocycles. The Morgan fingerprint density at radius 2 is 2.33 bits per heavy atom. The van der Waals surface area contributed by atoms with Crippen LogP contribution in [0.5, 0.6) is 0 Å². The predicted octanol–water partition coefficient (Wildman–Crippen LogP) is 2.18. The number of carbonyl (C=O) groups is 1. The first-order valence-corrected chi connectivity index (χ1v) is 7.08. The van der Waals surface area contributed by atoms with Gasteiger partial charge in [0.25, 0.3) is 0 Å². The van der Waals surface area contributed by atoms with Crippen molar-refractivity contribution in [1.82, 2.24) is 9.55 Å². The molecule has 0 aliphatic carbocycles. The number of hydrogen-bond acceptors (Lipinski definition) is 4. The average molecular weight is 272 g/mol. The van der Waals surface area contributed by atoms with Gasteiger partial charge in [-0.15, -0.1) is 0 Å². The highest BCUT2D eigenvalue weighted by Crippen LogP contribution is 2.18. The first kappa shape index (κ1) is 15.0. The zero-order valence-corrected chi connectivity index (χ0v) is 11.7. The number of ether oxygens (including phenoxy) is 1. The van der Waals surface area contributed by atoms with Gasteiger partial charge in [0, 0.05) is 31.6 Å². The Labute approximate surface area is 112 Å². The molecular weight excluding hydrogens is 252 g/mol. The Morgan fingerprint density at radius 1 is 1.56 bits per heavy atom. The number of imidazole rings is 1. The molecular formula is C12H20N2O3S. The van der Waals surface area contributed by atoms with Crippen LogP contribution in [0.3, 0.4) is 0 Å². The Hall–Kier alpha value is -1.01. The minimum absolute atomic E-state index is 0.0444. The standard InChI is InChI=1S/C12H20N2O3S/c1-3-6-17-7-4-5-14-10(2)8-13-12(14)18-9-11(15)16/h8H,3-7,9H2,1-2H3,(H,15,16). The Morgan fingerprint density at radius 3 is 3.00 bits per heavy atom. The van der Waals surface area contributed by atoms with Crippen LogP contribution in [0, 0.1) is 6.92 Å². The molecule has 18 heavy (non-hydrogen) atoms. The summed E-state index contributed by atoms with van der Waals surface area (Å²) in [5.41, 5.74) is 1.05. The maximum atomic E-state index is 10.5. The lowest BCUT2D eigenvalue weighted by atomic mass is 10.4. The van der Waals surface area contributed by atoms with Crippen LogP contribution < -0.4 is 0 Å². The number of aromatic nitrogens is 2. The van der Waals surface area contributed by atoms with E-state index >= 15 is 0 Å². The van der Waals surface area contributed by atoms with Crippen molar-refractivity contribution in [3.05, 3.63) is 11.9 Å². The summed E-state index contributed by atoms with van der Waals surface area (Å²) in [7, 11) is 0. The van der Waals surface area contributed by atoms with E-state index < -0.39 is 5.97 Å². The van der Waals surface area contributed by atoms with Gasteiger partial charge in [0.1, 0.15) is 0 Å². The molecule has 0 saturated carbocycles. The number of aliphatic carboxylic acids is 1. The number of carboxylic acid groups (broad SMARTS) is 1. The largest absolute Gasteiger partial charge is 0.481 e. The van der Waals surface area contributed by atoms with Gasteiger partial charge in [0.05, 0.1) is 5.75 Å². The molecule has 1 heterocycles. The van der Waals surface area contributed by atoms with E-state index in [9.17, 15) is 4.79 Å². The summed E-state index contributed by atoms with van der Waals surface area (Å²) in [6, 6.07) is 0. The number of carboxylic acids is 1. The Bertz CT molecular complexity index is 379. The van der Waals surface area contributed by atoms with E-state index in [1.165, 1.54) is 11.8 Å².